The Morgan fingerprint density at radius 1 is 1.17 bits per heavy atom. The van der Waals surface area contributed by atoms with Crippen LogP contribution in [0.1, 0.15) is 33.6 Å². The molecule has 5 nitrogen and oxygen atoms in total. The van der Waals surface area contributed by atoms with E-state index in [9.17, 15) is 4.79 Å². The molecule has 1 aromatic carbocycles. The van der Waals surface area contributed by atoms with Crippen LogP contribution in [0.25, 0.3) is 0 Å². The van der Waals surface area contributed by atoms with Crippen molar-refractivity contribution in [1.82, 2.24) is 5.32 Å². The molecule has 0 saturated carbocycles. The summed E-state index contributed by atoms with van der Waals surface area (Å²) in [6.07, 6.45) is 1.10. The summed E-state index contributed by atoms with van der Waals surface area (Å²) in [7, 11) is 0. The number of benzene rings is 1. The van der Waals surface area contributed by atoms with Crippen molar-refractivity contribution in [3.63, 3.8) is 0 Å². The number of esters is 1. The maximum absolute atomic E-state index is 11.2. The molecule has 0 aliphatic rings. The van der Waals surface area contributed by atoms with E-state index in [1.165, 1.54) is 5.69 Å². The normalized spacial score (nSPS) is 10.0. The first kappa shape index (κ1) is 19.2. The summed E-state index contributed by atoms with van der Waals surface area (Å²) in [6, 6.07) is 8.19. The number of thiocarbonyl (C=S) groups is 1. The summed E-state index contributed by atoms with van der Waals surface area (Å²) < 4.78 is 4.87. The smallest absolute Gasteiger partial charge is 0.305 e. The van der Waals surface area contributed by atoms with E-state index in [1.54, 1.807) is 6.92 Å². The van der Waals surface area contributed by atoms with Crippen LogP contribution >= 0.6 is 12.2 Å². The van der Waals surface area contributed by atoms with Crippen LogP contribution in [-0.2, 0) is 9.53 Å². The monoisotopic (exact) mass is 337 g/mol. The van der Waals surface area contributed by atoms with E-state index in [1.807, 2.05) is 12.1 Å². The van der Waals surface area contributed by atoms with Crippen molar-refractivity contribution in [2.45, 2.75) is 33.6 Å². The molecule has 23 heavy (non-hydrogen) atoms. The summed E-state index contributed by atoms with van der Waals surface area (Å²) in [5.41, 5.74) is 2.15. The summed E-state index contributed by atoms with van der Waals surface area (Å²) in [5.74, 6) is -0.167. The molecule has 0 bridgehead atoms. The molecule has 0 saturated heterocycles. The molecule has 0 fully saturated rings. The fourth-order valence-electron chi connectivity index (χ4n) is 2.19. The number of nitrogens with one attached hydrogen (secondary N) is 2. The zero-order chi connectivity index (χ0) is 17.1. The van der Waals surface area contributed by atoms with Crippen molar-refractivity contribution in [2.24, 2.45) is 0 Å². The van der Waals surface area contributed by atoms with E-state index in [0.29, 0.717) is 31.1 Å². The molecule has 2 N–H and O–H groups in total. The highest BCUT2D eigenvalue weighted by atomic mass is 32.1. The van der Waals surface area contributed by atoms with Crippen molar-refractivity contribution in [1.29, 1.82) is 0 Å². The zero-order valence-electron chi connectivity index (χ0n) is 14.2. The Kier molecular flexibility index (Phi) is 9.05. The Morgan fingerprint density at radius 3 is 2.39 bits per heavy atom. The van der Waals surface area contributed by atoms with E-state index in [0.717, 1.165) is 18.8 Å². The average Bonchev–Trinajstić information content (AvgIpc) is 2.54. The van der Waals surface area contributed by atoms with Crippen LogP contribution in [0.5, 0.6) is 0 Å². The van der Waals surface area contributed by atoms with Crippen LogP contribution in [0.15, 0.2) is 24.3 Å². The predicted octanol–water partition coefficient (Wildman–Crippen LogP) is 3.16. The van der Waals surface area contributed by atoms with Gasteiger partial charge in [0.2, 0.25) is 0 Å². The minimum absolute atomic E-state index is 0.167. The number of ether oxygens (including phenoxy) is 1. The molecule has 0 aliphatic heterocycles. The molecule has 0 spiro atoms. The van der Waals surface area contributed by atoms with Gasteiger partial charge in [0.25, 0.3) is 0 Å². The number of carbonyl (C=O) groups is 1. The van der Waals surface area contributed by atoms with E-state index in [-0.39, 0.29) is 5.97 Å². The maximum Gasteiger partial charge on any atom is 0.305 e. The third-order valence-electron chi connectivity index (χ3n) is 3.40. The van der Waals surface area contributed by atoms with Crippen LogP contribution < -0.4 is 15.5 Å². The van der Waals surface area contributed by atoms with Gasteiger partial charge in [-0.25, -0.2) is 0 Å². The third kappa shape index (κ3) is 7.32. The van der Waals surface area contributed by atoms with Gasteiger partial charge in [0.1, 0.15) is 0 Å². The number of carbonyl (C=O) groups excluding carboxylic acids is 1. The fourth-order valence-corrected chi connectivity index (χ4v) is 2.41. The van der Waals surface area contributed by atoms with Gasteiger partial charge in [-0.2, -0.15) is 0 Å². The fraction of sp³-hybridized carbons (Fsp3) is 0.529. The van der Waals surface area contributed by atoms with Gasteiger partial charge in [0.05, 0.1) is 6.61 Å². The van der Waals surface area contributed by atoms with Crippen LogP contribution in [0.4, 0.5) is 11.4 Å². The first-order valence-electron chi connectivity index (χ1n) is 8.16. The summed E-state index contributed by atoms with van der Waals surface area (Å²) in [6.45, 7) is 9.14. The first-order chi connectivity index (χ1) is 11.1. The highest BCUT2D eigenvalue weighted by Gasteiger charge is 2.03. The van der Waals surface area contributed by atoms with Gasteiger partial charge < -0.3 is 20.3 Å². The average molecular weight is 337 g/mol. The minimum atomic E-state index is -0.167. The molecule has 0 radical (unpaired) electrons. The number of rotatable bonds is 9. The second-order valence-electron chi connectivity index (χ2n) is 5.01. The Morgan fingerprint density at radius 2 is 1.83 bits per heavy atom. The lowest BCUT2D eigenvalue weighted by atomic mass is 10.2. The number of hydrogen-bond acceptors (Lipinski definition) is 4. The molecular weight excluding hydrogens is 310 g/mol. The van der Waals surface area contributed by atoms with Gasteiger partial charge in [0, 0.05) is 37.4 Å². The standard InChI is InChI=1S/C17H27N3O2S/c1-4-20(5-2)15-11-9-14(10-12-15)19-17(23)18-13-7-8-16(21)22-6-3/h9-12H,4-8,13H2,1-3H3,(H2,18,19,23). The lowest BCUT2D eigenvalue weighted by molar-refractivity contribution is -0.143. The molecular formula is C17H27N3O2S. The largest absolute Gasteiger partial charge is 0.466 e. The summed E-state index contributed by atoms with van der Waals surface area (Å²) >= 11 is 5.25. The van der Waals surface area contributed by atoms with Crippen LogP contribution in [0, 0.1) is 0 Å². The van der Waals surface area contributed by atoms with Gasteiger partial charge in [0.15, 0.2) is 5.11 Å². The van der Waals surface area contributed by atoms with Gasteiger partial charge in [-0.3, -0.25) is 4.79 Å². The van der Waals surface area contributed by atoms with Crippen molar-refractivity contribution < 1.29 is 9.53 Å². The third-order valence-corrected chi connectivity index (χ3v) is 3.65. The zero-order valence-corrected chi connectivity index (χ0v) is 15.0. The lowest BCUT2D eigenvalue weighted by Crippen LogP contribution is -2.29. The highest BCUT2D eigenvalue weighted by molar-refractivity contribution is 7.80. The Bertz CT molecular complexity index is 487. The maximum atomic E-state index is 11.2. The molecule has 6 heteroatoms. The molecule has 0 aromatic heterocycles. The van der Waals surface area contributed by atoms with Gasteiger partial charge in [-0.1, -0.05) is 0 Å². The summed E-state index contributed by atoms with van der Waals surface area (Å²) in [5, 5.41) is 6.79. The van der Waals surface area contributed by atoms with E-state index in [2.05, 4.69) is 41.5 Å². The van der Waals surface area contributed by atoms with Crippen LogP contribution in [-0.4, -0.2) is 37.3 Å². The Hall–Kier alpha value is -1.82. The van der Waals surface area contributed by atoms with Crippen LogP contribution in [0.3, 0.4) is 0 Å². The molecule has 0 heterocycles. The van der Waals surface area contributed by atoms with Crippen molar-refractivity contribution in [2.75, 3.05) is 36.5 Å². The molecule has 1 aromatic rings. The van der Waals surface area contributed by atoms with Gasteiger partial charge in [-0.05, 0) is 63.7 Å². The van der Waals surface area contributed by atoms with Crippen LogP contribution in [0.2, 0.25) is 0 Å². The molecule has 0 amide bonds. The highest BCUT2D eigenvalue weighted by Crippen LogP contribution is 2.17. The van der Waals surface area contributed by atoms with E-state index in [4.69, 9.17) is 17.0 Å². The molecule has 0 aliphatic carbocycles. The second-order valence-corrected chi connectivity index (χ2v) is 5.42. The minimum Gasteiger partial charge on any atom is -0.466 e. The Labute approximate surface area is 144 Å². The molecule has 128 valence electrons. The van der Waals surface area contributed by atoms with Gasteiger partial charge >= 0.3 is 5.97 Å². The van der Waals surface area contributed by atoms with Gasteiger partial charge in [-0.15, -0.1) is 0 Å². The predicted molar refractivity (Wildman–Crippen MR) is 100 cm³/mol. The van der Waals surface area contributed by atoms with Crippen molar-refractivity contribution in [3.8, 4) is 0 Å². The first-order valence-corrected chi connectivity index (χ1v) is 8.57. The number of nitrogens with zero attached hydrogens (tertiary/aromatic N) is 1. The topological polar surface area (TPSA) is 53.6 Å². The number of hydrogen-bond donors (Lipinski definition) is 2. The molecule has 0 unspecified atom stereocenters. The molecule has 0 atom stereocenters. The summed E-state index contributed by atoms with van der Waals surface area (Å²) in [4.78, 5) is 13.5. The number of anilines is 2. The van der Waals surface area contributed by atoms with E-state index < -0.39 is 0 Å². The SMILES string of the molecule is CCOC(=O)CCCNC(=S)Nc1ccc(N(CC)CC)cc1. The quantitative estimate of drug-likeness (QED) is 0.410. The van der Waals surface area contributed by atoms with Crippen molar-refractivity contribution >= 4 is 34.7 Å². The lowest BCUT2D eigenvalue weighted by Gasteiger charge is -2.21. The second kappa shape index (κ2) is 10.8. The van der Waals surface area contributed by atoms with Crippen molar-refractivity contribution in [3.05, 3.63) is 24.3 Å². The Balaban J connectivity index is 2.33. The molecule has 1 rings (SSSR count). The van der Waals surface area contributed by atoms with E-state index >= 15 is 0 Å².